The molecular formula is C9H10N4O6. The van der Waals surface area contributed by atoms with Crippen molar-refractivity contribution in [3.8, 4) is 0 Å². The molecular weight excluding hydrogens is 260 g/mol. The van der Waals surface area contributed by atoms with Crippen LogP contribution in [0.1, 0.15) is 10.4 Å². The zero-order chi connectivity index (χ0) is 14.4. The molecule has 0 aliphatic rings. The van der Waals surface area contributed by atoms with Gasteiger partial charge in [-0.2, -0.15) is 0 Å². The first-order valence-corrected chi connectivity index (χ1v) is 4.95. The van der Waals surface area contributed by atoms with Crippen molar-refractivity contribution < 1.29 is 24.4 Å². The second kappa shape index (κ2) is 6.14. The van der Waals surface area contributed by atoms with Crippen LogP contribution in [0.2, 0.25) is 0 Å². The number of primary amides is 1. The molecule has 0 aliphatic heterocycles. The Bertz CT molecular complexity index is 517. The van der Waals surface area contributed by atoms with Crippen LogP contribution in [0.5, 0.6) is 0 Å². The number of nitrogens with zero attached hydrogens (tertiary/aromatic N) is 2. The van der Waals surface area contributed by atoms with Crippen LogP contribution in [0.3, 0.4) is 0 Å². The van der Waals surface area contributed by atoms with Gasteiger partial charge >= 0.3 is 17.7 Å². The molecule has 4 N–H and O–H groups in total. The second-order valence-electron chi connectivity index (χ2n) is 3.24. The molecule has 0 saturated carbocycles. The molecule has 0 fully saturated rings. The highest BCUT2D eigenvalue weighted by Crippen LogP contribution is 2.19. The molecule has 19 heavy (non-hydrogen) atoms. The van der Waals surface area contributed by atoms with Crippen LogP contribution in [-0.4, -0.2) is 40.2 Å². The van der Waals surface area contributed by atoms with E-state index in [9.17, 15) is 19.7 Å². The summed E-state index contributed by atoms with van der Waals surface area (Å²) in [5.41, 5.74) is 3.64. The van der Waals surface area contributed by atoms with E-state index in [1.165, 1.54) is 0 Å². The fraction of sp³-hybridized carbons (Fsp3) is 0.222. The number of carboxylic acid groups (broad SMARTS) is 1. The van der Waals surface area contributed by atoms with Crippen molar-refractivity contribution >= 4 is 23.6 Å². The number of carbonyl (C=O) groups is 2. The summed E-state index contributed by atoms with van der Waals surface area (Å²) >= 11 is 0. The zero-order valence-corrected chi connectivity index (χ0v) is 9.53. The van der Waals surface area contributed by atoms with Crippen LogP contribution in [0.25, 0.3) is 0 Å². The van der Waals surface area contributed by atoms with Gasteiger partial charge in [0.1, 0.15) is 24.2 Å². The van der Waals surface area contributed by atoms with E-state index < -0.39 is 28.2 Å². The molecule has 0 aliphatic carbocycles. The summed E-state index contributed by atoms with van der Waals surface area (Å²) in [6.45, 7) is 0.0865. The molecule has 1 aromatic heterocycles. The molecule has 0 atom stereocenters. The Labute approximate surface area is 106 Å². The third kappa shape index (κ3) is 4.11. The van der Waals surface area contributed by atoms with E-state index >= 15 is 0 Å². The number of amides is 1. The largest absolute Gasteiger partial charge is 0.477 e. The highest BCUT2D eigenvalue weighted by Gasteiger charge is 2.20. The van der Waals surface area contributed by atoms with Gasteiger partial charge in [-0.25, -0.2) is 14.6 Å². The number of carboxylic acids is 1. The Morgan fingerprint density at radius 3 is 2.79 bits per heavy atom. The average Bonchev–Trinajstić information content (AvgIpc) is 2.33. The number of carbonyl (C=O) groups excluding carboxylic acids is 1. The van der Waals surface area contributed by atoms with Crippen LogP contribution in [0.4, 0.5) is 16.3 Å². The number of hydrogen-bond acceptors (Lipinski definition) is 7. The van der Waals surface area contributed by atoms with E-state index in [4.69, 9.17) is 10.8 Å². The summed E-state index contributed by atoms with van der Waals surface area (Å²) < 4.78 is 4.43. The lowest BCUT2D eigenvalue weighted by Crippen LogP contribution is -2.18. The van der Waals surface area contributed by atoms with Crippen molar-refractivity contribution in [3.63, 3.8) is 0 Å². The number of aromatic carboxylic acids is 1. The summed E-state index contributed by atoms with van der Waals surface area (Å²) in [6.07, 6.45) is -0.106. The molecule has 1 aromatic rings. The number of pyridine rings is 1. The Morgan fingerprint density at radius 1 is 1.58 bits per heavy atom. The first-order valence-electron chi connectivity index (χ1n) is 4.95. The van der Waals surface area contributed by atoms with Crippen molar-refractivity contribution in [2.75, 3.05) is 18.5 Å². The number of hydrogen-bond donors (Lipinski definition) is 3. The van der Waals surface area contributed by atoms with E-state index in [-0.39, 0.29) is 19.0 Å². The maximum atomic E-state index is 10.9. The fourth-order valence-corrected chi connectivity index (χ4v) is 1.19. The van der Waals surface area contributed by atoms with E-state index in [2.05, 4.69) is 15.0 Å². The van der Waals surface area contributed by atoms with Gasteiger partial charge in [-0.15, -0.1) is 0 Å². The Balaban J connectivity index is 2.76. The topological polar surface area (TPSA) is 158 Å². The SMILES string of the molecule is NC(=O)OCCNc1cc(C(=O)O)c([N+](=O)[O-])cn1. The summed E-state index contributed by atoms with van der Waals surface area (Å²) in [4.78, 5) is 34.5. The normalized spacial score (nSPS) is 9.68. The first kappa shape index (κ1) is 14.2. The van der Waals surface area contributed by atoms with Gasteiger partial charge in [-0.3, -0.25) is 10.1 Å². The van der Waals surface area contributed by atoms with E-state index in [1.54, 1.807) is 0 Å². The van der Waals surface area contributed by atoms with E-state index in [0.29, 0.717) is 0 Å². The minimum atomic E-state index is -1.44. The summed E-state index contributed by atoms with van der Waals surface area (Å²) in [5.74, 6) is -1.33. The molecule has 0 aromatic carbocycles. The number of aromatic nitrogens is 1. The molecule has 0 radical (unpaired) electrons. The highest BCUT2D eigenvalue weighted by molar-refractivity contribution is 5.93. The predicted molar refractivity (Wildman–Crippen MR) is 61.9 cm³/mol. The molecule has 0 spiro atoms. The van der Waals surface area contributed by atoms with Crippen LogP contribution < -0.4 is 11.1 Å². The Kier molecular flexibility index (Phi) is 4.57. The predicted octanol–water partition coefficient (Wildman–Crippen LogP) is 0.195. The number of nitrogens with one attached hydrogen (secondary N) is 1. The third-order valence-corrected chi connectivity index (χ3v) is 1.96. The van der Waals surface area contributed by atoms with Gasteiger partial charge in [0, 0.05) is 6.07 Å². The fourth-order valence-electron chi connectivity index (χ4n) is 1.19. The minimum Gasteiger partial charge on any atom is -0.477 e. The van der Waals surface area contributed by atoms with Crippen molar-refractivity contribution in [1.29, 1.82) is 0 Å². The molecule has 1 heterocycles. The summed E-state index contributed by atoms with van der Waals surface area (Å²) in [5, 5.41) is 22.1. The minimum absolute atomic E-state index is 0.0452. The number of ether oxygens (including phenoxy) is 1. The lowest BCUT2D eigenvalue weighted by Gasteiger charge is -2.06. The quantitative estimate of drug-likeness (QED) is 0.375. The van der Waals surface area contributed by atoms with Gasteiger partial charge < -0.3 is 20.9 Å². The number of nitro groups is 1. The molecule has 1 amide bonds. The zero-order valence-electron chi connectivity index (χ0n) is 9.53. The van der Waals surface area contributed by atoms with Gasteiger partial charge in [0.15, 0.2) is 0 Å². The molecule has 0 saturated heterocycles. The molecule has 0 bridgehead atoms. The van der Waals surface area contributed by atoms with Gasteiger partial charge in [0.2, 0.25) is 0 Å². The molecule has 1 rings (SSSR count). The smallest absolute Gasteiger partial charge is 0.404 e. The summed E-state index contributed by atoms with van der Waals surface area (Å²) in [6, 6.07) is 1.02. The Hall–Kier alpha value is -2.91. The lowest BCUT2D eigenvalue weighted by atomic mass is 10.2. The van der Waals surface area contributed by atoms with E-state index in [0.717, 1.165) is 12.3 Å². The van der Waals surface area contributed by atoms with E-state index in [1.807, 2.05) is 0 Å². The average molecular weight is 270 g/mol. The van der Waals surface area contributed by atoms with Gasteiger partial charge in [-0.05, 0) is 0 Å². The molecule has 10 heteroatoms. The third-order valence-electron chi connectivity index (χ3n) is 1.96. The molecule has 102 valence electrons. The molecule has 10 nitrogen and oxygen atoms in total. The monoisotopic (exact) mass is 270 g/mol. The Morgan fingerprint density at radius 2 is 2.26 bits per heavy atom. The standard InChI is InChI=1S/C9H10N4O6/c10-9(16)19-2-1-11-7-3-5(8(14)15)6(4-12-7)13(17)18/h3-4H,1-2H2,(H2,10,16)(H,11,12)(H,14,15). The van der Waals surface area contributed by atoms with Crippen molar-refractivity contribution in [2.45, 2.75) is 0 Å². The highest BCUT2D eigenvalue weighted by atomic mass is 16.6. The number of rotatable bonds is 6. The molecule has 0 unspecified atom stereocenters. The van der Waals surface area contributed by atoms with Crippen molar-refractivity contribution in [1.82, 2.24) is 4.98 Å². The van der Waals surface area contributed by atoms with Gasteiger partial charge in [0.05, 0.1) is 11.5 Å². The maximum absolute atomic E-state index is 10.9. The van der Waals surface area contributed by atoms with Crippen LogP contribution in [0, 0.1) is 10.1 Å². The number of anilines is 1. The lowest BCUT2D eigenvalue weighted by molar-refractivity contribution is -0.385. The van der Waals surface area contributed by atoms with Crippen LogP contribution in [0.15, 0.2) is 12.3 Å². The summed E-state index contributed by atoms with van der Waals surface area (Å²) in [7, 11) is 0. The van der Waals surface area contributed by atoms with Gasteiger partial charge in [-0.1, -0.05) is 0 Å². The first-order chi connectivity index (χ1) is 8.91. The second-order valence-corrected chi connectivity index (χ2v) is 3.24. The van der Waals surface area contributed by atoms with Crippen molar-refractivity contribution in [3.05, 3.63) is 27.9 Å². The maximum Gasteiger partial charge on any atom is 0.404 e. The van der Waals surface area contributed by atoms with Crippen LogP contribution in [-0.2, 0) is 4.74 Å². The van der Waals surface area contributed by atoms with Gasteiger partial charge in [0.25, 0.3) is 0 Å². The number of nitrogens with two attached hydrogens (primary N) is 1. The van der Waals surface area contributed by atoms with Crippen LogP contribution >= 0.6 is 0 Å². The van der Waals surface area contributed by atoms with Crippen molar-refractivity contribution in [2.24, 2.45) is 5.73 Å².